The Balaban J connectivity index is 1.63. The number of rotatable bonds is 7. The number of amides is 4. The fraction of sp³-hybridized carbons (Fsp3) is 0.200. The van der Waals surface area contributed by atoms with Crippen LogP contribution in [0.3, 0.4) is 0 Å². The molecule has 8 nitrogen and oxygen atoms in total. The number of para-hydroxylation sites is 2. The molecule has 4 amide bonds. The van der Waals surface area contributed by atoms with Crippen LogP contribution in [0.4, 0.5) is 11.4 Å². The van der Waals surface area contributed by atoms with Crippen LogP contribution in [0.5, 0.6) is 0 Å². The summed E-state index contributed by atoms with van der Waals surface area (Å²) in [5.41, 5.74) is 6.38. The number of carbonyl (C=O) groups excluding carboxylic acids is 4. The van der Waals surface area contributed by atoms with Crippen molar-refractivity contribution >= 4 is 46.8 Å². The standard InChI is InChI=1S/C20H20N4O4S/c21-17(25)9-10-22-19(27)12-5-1-2-6-13(12)23-18(26)11-16-20(28)24-14-7-3-4-8-15(14)29-16/h1-8,16H,9-11H2,(H2,21,25)(H,22,27)(H,23,26)(H,24,28). The number of benzene rings is 2. The lowest BCUT2D eigenvalue weighted by Gasteiger charge is -2.23. The highest BCUT2D eigenvalue weighted by Crippen LogP contribution is 2.36. The van der Waals surface area contributed by atoms with Crippen LogP contribution in [0.2, 0.25) is 0 Å². The second-order valence-electron chi connectivity index (χ2n) is 6.36. The Morgan fingerprint density at radius 2 is 1.79 bits per heavy atom. The lowest BCUT2D eigenvalue weighted by Crippen LogP contribution is -2.33. The molecule has 0 aliphatic carbocycles. The zero-order valence-electron chi connectivity index (χ0n) is 15.4. The van der Waals surface area contributed by atoms with Crippen molar-refractivity contribution in [1.82, 2.24) is 5.32 Å². The first kappa shape index (κ1) is 20.4. The summed E-state index contributed by atoms with van der Waals surface area (Å²) in [6.07, 6.45) is -0.0157. The van der Waals surface area contributed by atoms with E-state index in [1.54, 1.807) is 24.3 Å². The van der Waals surface area contributed by atoms with E-state index in [-0.39, 0.29) is 36.8 Å². The van der Waals surface area contributed by atoms with E-state index in [9.17, 15) is 19.2 Å². The molecular formula is C20H20N4O4S. The maximum absolute atomic E-state index is 12.5. The third kappa shape index (κ3) is 5.35. The summed E-state index contributed by atoms with van der Waals surface area (Å²) in [5.74, 6) is -1.56. The number of carbonyl (C=O) groups is 4. The predicted octanol–water partition coefficient (Wildman–Crippen LogP) is 1.73. The first-order valence-corrected chi connectivity index (χ1v) is 9.84. The molecule has 9 heteroatoms. The van der Waals surface area contributed by atoms with Gasteiger partial charge in [0.1, 0.15) is 0 Å². The molecule has 1 heterocycles. The average molecular weight is 412 g/mol. The molecule has 1 unspecified atom stereocenters. The first-order chi connectivity index (χ1) is 13.9. The Bertz CT molecular complexity index is 963. The van der Waals surface area contributed by atoms with Crippen molar-refractivity contribution in [3.8, 4) is 0 Å². The zero-order chi connectivity index (χ0) is 20.8. The monoisotopic (exact) mass is 412 g/mol. The Hall–Kier alpha value is -3.33. The summed E-state index contributed by atoms with van der Waals surface area (Å²) in [4.78, 5) is 48.8. The number of primary amides is 1. The smallest absolute Gasteiger partial charge is 0.253 e. The van der Waals surface area contributed by atoms with Gasteiger partial charge in [-0.15, -0.1) is 11.8 Å². The molecule has 29 heavy (non-hydrogen) atoms. The summed E-state index contributed by atoms with van der Waals surface area (Å²) in [7, 11) is 0. The first-order valence-electron chi connectivity index (χ1n) is 8.96. The van der Waals surface area contributed by atoms with Gasteiger partial charge < -0.3 is 21.7 Å². The molecule has 1 aliphatic rings. The van der Waals surface area contributed by atoms with Crippen LogP contribution in [0.25, 0.3) is 0 Å². The van der Waals surface area contributed by atoms with Crippen molar-refractivity contribution in [2.45, 2.75) is 23.0 Å². The number of fused-ring (bicyclic) bond motifs is 1. The number of hydrogen-bond donors (Lipinski definition) is 4. The molecule has 1 aliphatic heterocycles. The van der Waals surface area contributed by atoms with Crippen molar-refractivity contribution in [2.24, 2.45) is 5.73 Å². The van der Waals surface area contributed by atoms with Gasteiger partial charge in [0, 0.05) is 24.3 Å². The fourth-order valence-corrected chi connectivity index (χ4v) is 3.89. The Labute approximate surface area is 171 Å². The maximum Gasteiger partial charge on any atom is 0.253 e. The van der Waals surface area contributed by atoms with Gasteiger partial charge in [-0.05, 0) is 24.3 Å². The molecule has 0 spiro atoms. The molecule has 0 saturated heterocycles. The Kier molecular flexibility index (Phi) is 6.50. The van der Waals surface area contributed by atoms with Crippen LogP contribution in [0.1, 0.15) is 23.2 Å². The SMILES string of the molecule is NC(=O)CCNC(=O)c1ccccc1NC(=O)CC1Sc2ccccc2NC1=O. The molecule has 0 bridgehead atoms. The van der Waals surface area contributed by atoms with E-state index in [0.717, 1.165) is 10.6 Å². The molecule has 3 rings (SSSR count). The molecule has 0 aromatic heterocycles. The van der Waals surface area contributed by atoms with E-state index in [1.165, 1.54) is 11.8 Å². The second kappa shape index (κ2) is 9.24. The van der Waals surface area contributed by atoms with Gasteiger partial charge in [0.2, 0.25) is 17.7 Å². The van der Waals surface area contributed by atoms with Crippen molar-refractivity contribution in [2.75, 3.05) is 17.2 Å². The average Bonchev–Trinajstić information content (AvgIpc) is 2.68. The summed E-state index contributed by atoms with van der Waals surface area (Å²) in [5, 5.41) is 7.51. The van der Waals surface area contributed by atoms with Gasteiger partial charge in [0.15, 0.2) is 0 Å². The van der Waals surface area contributed by atoms with Gasteiger partial charge in [-0.2, -0.15) is 0 Å². The topological polar surface area (TPSA) is 130 Å². The number of anilines is 2. The number of nitrogens with two attached hydrogens (primary N) is 1. The summed E-state index contributed by atoms with van der Waals surface area (Å²) < 4.78 is 0. The highest BCUT2D eigenvalue weighted by molar-refractivity contribution is 8.01. The highest BCUT2D eigenvalue weighted by atomic mass is 32.2. The molecule has 2 aromatic carbocycles. The minimum atomic E-state index is -0.568. The lowest BCUT2D eigenvalue weighted by atomic mass is 10.1. The predicted molar refractivity (Wildman–Crippen MR) is 111 cm³/mol. The fourth-order valence-electron chi connectivity index (χ4n) is 2.78. The minimum Gasteiger partial charge on any atom is -0.370 e. The van der Waals surface area contributed by atoms with Gasteiger partial charge >= 0.3 is 0 Å². The summed E-state index contributed by atoms with van der Waals surface area (Å²) in [6, 6.07) is 13.9. The van der Waals surface area contributed by atoms with E-state index >= 15 is 0 Å². The quantitative estimate of drug-likeness (QED) is 0.550. The summed E-state index contributed by atoms with van der Waals surface area (Å²) >= 11 is 1.33. The maximum atomic E-state index is 12.5. The normalized spacial score (nSPS) is 15.0. The van der Waals surface area contributed by atoms with Crippen LogP contribution in [0, 0.1) is 0 Å². The van der Waals surface area contributed by atoms with Gasteiger partial charge in [-0.25, -0.2) is 0 Å². The molecule has 1 atom stereocenters. The third-order valence-corrected chi connectivity index (χ3v) is 5.46. The lowest BCUT2D eigenvalue weighted by molar-refractivity contribution is -0.120. The van der Waals surface area contributed by atoms with Crippen molar-refractivity contribution in [1.29, 1.82) is 0 Å². The molecule has 0 fully saturated rings. The number of hydrogen-bond acceptors (Lipinski definition) is 5. The Morgan fingerprint density at radius 1 is 1.07 bits per heavy atom. The van der Waals surface area contributed by atoms with Crippen LogP contribution in [-0.2, 0) is 14.4 Å². The molecule has 5 N–H and O–H groups in total. The number of nitrogens with one attached hydrogen (secondary N) is 3. The van der Waals surface area contributed by atoms with Gasteiger partial charge in [0.25, 0.3) is 5.91 Å². The van der Waals surface area contributed by atoms with Crippen LogP contribution in [0.15, 0.2) is 53.4 Å². The number of thioether (sulfide) groups is 1. The van der Waals surface area contributed by atoms with E-state index in [1.807, 2.05) is 24.3 Å². The second-order valence-corrected chi connectivity index (χ2v) is 7.61. The van der Waals surface area contributed by atoms with Gasteiger partial charge in [-0.3, -0.25) is 19.2 Å². The molecular weight excluding hydrogens is 392 g/mol. The van der Waals surface area contributed by atoms with Crippen molar-refractivity contribution < 1.29 is 19.2 Å². The molecule has 150 valence electrons. The summed E-state index contributed by atoms with van der Waals surface area (Å²) in [6.45, 7) is 0.106. The molecule has 2 aromatic rings. The van der Waals surface area contributed by atoms with Crippen LogP contribution < -0.4 is 21.7 Å². The van der Waals surface area contributed by atoms with E-state index in [0.29, 0.717) is 5.69 Å². The van der Waals surface area contributed by atoms with E-state index < -0.39 is 17.1 Å². The van der Waals surface area contributed by atoms with E-state index in [2.05, 4.69) is 16.0 Å². The minimum absolute atomic E-state index is 0.0236. The van der Waals surface area contributed by atoms with Crippen molar-refractivity contribution in [3.05, 3.63) is 54.1 Å². The van der Waals surface area contributed by atoms with Crippen LogP contribution in [-0.4, -0.2) is 35.4 Å². The largest absolute Gasteiger partial charge is 0.370 e. The van der Waals surface area contributed by atoms with Crippen LogP contribution >= 0.6 is 11.8 Å². The van der Waals surface area contributed by atoms with Gasteiger partial charge in [0.05, 0.1) is 22.2 Å². The highest BCUT2D eigenvalue weighted by Gasteiger charge is 2.29. The Morgan fingerprint density at radius 3 is 2.59 bits per heavy atom. The third-order valence-electron chi connectivity index (χ3n) is 4.18. The molecule has 0 radical (unpaired) electrons. The molecule has 0 saturated carbocycles. The van der Waals surface area contributed by atoms with E-state index in [4.69, 9.17) is 5.73 Å². The van der Waals surface area contributed by atoms with Crippen molar-refractivity contribution in [3.63, 3.8) is 0 Å². The zero-order valence-corrected chi connectivity index (χ0v) is 16.3. The van der Waals surface area contributed by atoms with Gasteiger partial charge in [-0.1, -0.05) is 24.3 Å².